The van der Waals surface area contributed by atoms with Gasteiger partial charge >= 0.3 is 6.03 Å². The van der Waals surface area contributed by atoms with Crippen LogP contribution in [0, 0.1) is 11.3 Å². The number of carbonyl (C=O) groups excluding carboxylic acids is 2. The molecule has 6 nitrogen and oxygen atoms in total. The number of amides is 3. The van der Waals surface area contributed by atoms with Crippen LogP contribution >= 0.6 is 11.6 Å². The highest BCUT2D eigenvalue weighted by Crippen LogP contribution is 2.36. The highest BCUT2D eigenvalue weighted by Gasteiger charge is 2.40. The third-order valence-electron chi connectivity index (χ3n) is 9.23. The maximum absolute atomic E-state index is 13.6. The van der Waals surface area contributed by atoms with E-state index in [0.29, 0.717) is 32.0 Å². The molecule has 2 saturated heterocycles. The van der Waals surface area contributed by atoms with E-state index in [1.807, 2.05) is 365 Å². The Morgan fingerprint density at radius 3 is 0.967 bits per heavy atom. The summed E-state index contributed by atoms with van der Waals surface area (Å²) in [4.78, 5) is 31.4. The molecule has 62 heteroatoms. The summed E-state index contributed by atoms with van der Waals surface area (Å²) < 4.78 is 0. The summed E-state index contributed by atoms with van der Waals surface area (Å²) >= 11 is 15.8. The second kappa shape index (κ2) is 68.8. The summed E-state index contributed by atoms with van der Waals surface area (Å²) in [6, 6.07) is 18.6. The van der Waals surface area contributed by atoms with Crippen LogP contribution < -0.4 is 5.73 Å². The van der Waals surface area contributed by atoms with E-state index >= 15 is 0 Å². The van der Waals surface area contributed by atoms with E-state index in [9.17, 15) is 9.59 Å². The van der Waals surface area contributed by atoms with Gasteiger partial charge in [0.2, 0.25) is 5.91 Å². The molecule has 0 aromatic heterocycles. The number of hydrogen-bond donors (Lipinski definition) is 1. The molecule has 2 aliphatic heterocycles. The molecule has 2 atom stereocenters. The molecule has 2 aromatic carbocycles. The number of halogens is 1. The number of urea groups is 1. The van der Waals surface area contributed by atoms with Gasteiger partial charge in [-0.15, -0.1) is 0 Å². The van der Waals surface area contributed by atoms with Gasteiger partial charge in [-0.3, -0.25) is 9.69 Å². The lowest BCUT2D eigenvalue weighted by atomic mass is 9.82. The van der Waals surface area contributed by atoms with Crippen LogP contribution in [0.25, 0.3) is 0 Å². The van der Waals surface area contributed by atoms with Crippen LogP contribution in [0.4, 0.5) is 4.79 Å². The van der Waals surface area contributed by atoms with Gasteiger partial charge in [0, 0.05) is 543 Å². The molecule has 524 valence electrons. The average Bonchev–Trinajstić information content (AvgIpc) is 1.16. The quantitative estimate of drug-likeness (QED) is 0.456. The number of hydrogen-bond acceptors (Lipinski definition) is 5. The van der Waals surface area contributed by atoms with Crippen LogP contribution in [0.3, 0.4) is 0 Å². The first kappa shape index (κ1) is 94.7. The third kappa shape index (κ3) is 53.9. The van der Waals surface area contributed by atoms with E-state index in [0.717, 1.165) is 31.0 Å². The van der Waals surface area contributed by atoms with Gasteiger partial charge in [-0.1, -0.05) is 74.8 Å². The predicted molar refractivity (Wildman–Crippen MR) is 550 cm³/mol. The first-order chi connectivity index (χ1) is 44.5. The Labute approximate surface area is 696 Å². The Bertz CT molecular complexity index is 5280. The van der Waals surface area contributed by atoms with Crippen molar-refractivity contribution < 1.29 is 9.59 Å². The van der Waals surface area contributed by atoms with Crippen molar-refractivity contribution in [1.82, 2.24) is 14.7 Å². The molecular weight excluding hydrogens is 2240 g/mol. The monoisotopic (exact) mass is 2270 g/mol. The van der Waals surface area contributed by atoms with Gasteiger partial charge < -0.3 is 15.5 Å². The topological polar surface area (TPSA) is 69.9 Å². The van der Waals surface area contributed by atoms with E-state index in [-0.39, 0.29) is 29.4 Å². The number of primary amides is 1. The lowest BCUT2D eigenvalue weighted by Crippen LogP contribution is -2.60. The summed E-state index contributed by atoms with van der Waals surface area (Å²) in [6.07, 6.45) is 2.21. The summed E-state index contributed by atoms with van der Waals surface area (Å²) in [6.45, 7) is 10.3. The highest BCUT2D eigenvalue weighted by atomic mass is 35.5. The van der Waals surface area contributed by atoms with Crippen LogP contribution in [0.15, 0.2) is 54.6 Å². The molecule has 2 aliphatic rings. The summed E-state index contributed by atoms with van der Waals surface area (Å²) in [5, 5.41) is 0.732. The molecule has 0 radical (unpaired) electrons. The Hall–Kier alpha value is 9.53. The smallest absolute Gasteiger partial charge is 0.314 e. The molecule has 0 bridgehead atoms. The lowest BCUT2D eigenvalue weighted by Gasteiger charge is -2.50. The average molecular weight is 2270 g/mol. The number of carbonyl (C=O) groups is 2. The van der Waals surface area contributed by atoms with Crippen LogP contribution in [-0.4, -0.2) is 65.4 Å². The molecule has 4 rings (SSSR count). The number of nitrogens with zero attached hydrogens (tertiary/aromatic N) is 3. The zero-order valence-corrected chi connectivity index (χ0v) is 89.8. The Balaban J connectivity index is 0.000000514. The second-order valence-electron chi connectivity index (χ2n) is 14.9. The Morgan fingerprint density at radius 1 is 0.429 bits per heavy atom. The fourth-order valence-corrected chi connectivity index (χ4v) is 146. The van der Waals surface area contributed by atoms with Gasteiger partial charge in [-0.05, 0) is 47.4 Å². The molecule has 2 fully saturated rings. The standard InChI is InChI=1S/C29H39ClN4O2.S55/c1-29(2,3)25-20-33(27(22-7-5-4-6-8-22)23-9-11-24(30)12-10-23)17-18-34(25)26(35)19-21-13-15-32(16-14-21)28(31)36;1-3-5-7-9-11-13-15-17-19-21-23-25-27-29-31-33-35-37-39-41-43-45-47-49-51-53-55-54-52-50-48-46-44-42-40-38-36-34-32-30-28-26-24-22-20-18-16-14-12-10-8-6-4-2/h4-12,21,25,27H,13-20H2,1-3H3,(H2,31,36);/t25-,27?;/m1./s1. The number of nitrogens with two attached hydrogens (primary N) is 1. The van der Waals surface area contributed by atoms with Crippen LogP contribution in [-0.2, 0) is 498 Å². The summed E-state index contributed by atoms with van der Waals surface area (Å²) in [5.74, 6) is 0.535. The number of piperazine rings is 1. The van der Waals surface area contributed by atoms with Gasteiger partial charge in [0.05, 0.1) is 6.04 Å². The fourth-order valence-electron chi connectivity index (χ4n) is 6.27. The van der Waals surface area contributed by atoms with E-state index in [1.165, 1.54) is 28.9 Å². The molecule has 0 spiro atoms. The molecule has 0 aliphatic carbocycles. The number of benzene rings is 2. The van der Waals surface area contributed by atoms with Crippen molar-refractivity contribution in [3.8, 4) is 0 Å². The third-order valence-corrected chi connectivity index (χ3v) is 125. The minimum Gasteiger partial charge on any atom is -0.351 e. The van der Waals surface area contributed by atoms with Crippen molar-refractivity contribution in [3.63, 3.8) is 0 Å². The summed E-state index contributed by atoms with van der Waals surface area (Å²) in [7, 11) is 94.9. The molecule has 0 saturated carbocycles. The molecule has 91 heavy (non-hydrogen) atoms. The van der Waals surface area contributed by atoms with Crippen LogP contribution in [0.2, 0.25) is 5.02 Å². The normalized spacial score (nSPS) is 12.9. The number of likely N-dealkylation sites (tertiary alicyclic amines) is 1. The zero-order chi connectivity index (χ0) is 65.3. The molecule has 3 amide bonds. The highest BCUT2D eigenvalue weighted by molar-refractivity contribution is 8.83. The first-order valence-corrected chi connectivity index (χ1v) is 94.4. The summed E-state index contributed by atoms with van der Waals surface area (Å²) in [5.41, 5.74) is 7.81. The lowest BCUT2D eigenvalue weighted by molar-refractivity contribution is -0.141. The largest absolute Gasteiger partial charge is 0.351 e. The predicted octanol–water partition coefficient (Wildman–Crippen LogP) is 5.04. The fraction of sp³-hybridized carbons (Fsp3) is 0.517. The maximum Gasteiger partial charge on any atom is 0.314 e. The van der Waals surface area contributed by atoms with Crippen molar-refractivity contribution in [2.45, 2.75) is 52.1 Å². The van der Waals surface area contributed by atoms with E-state index in [4.69, 9.17) is 39.7 Å². The number of rotatable bonds is 5. The van der Waals surface area contributed by atoms with Gasteiger partial charge in [-0.2, -0.15) is 0 Å². The van der Waals surface area contributed by atoms with Crippen molar-refractivity contribution in [3.05, 3.63) is 70.7 Å². The van der Waals surface area contributed by atoms with Gasteiger partial charge in [0.25, 0.3) is 0 Å². The Kier molecular flexibility index (Phi) is 71.6. The van der Waals surface area contributed by atoms with Crippen molar-refractivity contribution in [1.29, 1.82) is 0 Å². The van der Waals surface area contributed by atoms with Crippen LogP contribution in [0.1, 0.15) is 57.2 Å². The SMILES string of the molecule is CC(C)(C)[C@H]1CN(C(c2ccccc2)c2ccc(Cl)cc2)CCN1C(=O)CC1CCN(C(N)=O)CC1.S=S=S=S=S=S=S=S=S=S=S=S=S=S=S=S=S=S=S=S=S=S=S=S=S=S=S=S=S=S=S=S=S=S=S=S=S=S=S=S=S=S=S=S=S=S=S=S=S=S=S=S=S=S=S. The van der Waals surface area contributed by atoms with Crippen molar-refractivity contribution in [2.24, 2.45) is 17.1 Å². The van der Waals surface area contributed by atoms with E-state index in [2.05, 4.69) is 67.0 Å². The van der Waals surface area contributed by atoms with E-state index < -0.39 is 0 Å². The zero-order valence-electron chi connectivity index (χ0n) is 44.2. The minimum absolute atomic E-state index is 0.0646. The Morgan fingerprint density at radius 2 is 0.703 bits per heavy atom. The molecule has 1 unspecified atom stereocenters. The van der Waals surface area contributed by atoms with Gasteiger partial charge in [0.15, 0.2) is 0 Å². The molecule has 2 heterocycles. The van der Waals surface area contributed by atoms with Gasteiger partial charge in [-0.25, -0.2) is 4.79 Å². The second-order valence-corrected chi connectivity index (χ2v) is 109. The first-order valence-electron chi connectivity index (χ1n) is 22.0. The minimum atomic E-state index is -0.364. The molecular formula is C29H39ClN4O2S55. The van der Waals surface area contributed by atoms with Crippen molar-refractivity contribution in [2.75, 3.05) is 32.7 Å². The number of piperidine rings is 1. The van der Waals surface area contributed by atoms with Gasteiger partial charge in [0.1, 0.15) is 0 Å². The van der Waals surface area contributed by atoms with E-state index in [1.54, 1.807) is 111 Å². The van der Waals surface area contributed by atoms with Crippen LogP contribution in [0.5, 0.6) is 0 Å². The molecule has 2 N–H and O–H groups in total. The molecule has 2 aromatic rings. The van der Waals surface area contributed by atoms with Crippen molar-refractivity contribution >= 4 is 517 Å². The maximum atomic E-state index is 13.6.